The lowest BCUT2D eigenvalue weighted by molar-refractivity contribution is -0.126. The maximum absolute atomic E-state index is 12.4. The zero-order chi connectivity index (χ0) is 14.1. The highest BCUT2D eigenvalue weighted by Gasteiger charge is 2.31. The van der Waals surface area contributed by atoms with E-state index in [-0.39, 0.29) is 17.6 Å². The number of likely N-dealkylation sites (N-methyl/N-ethyl adjacent to an activating group) is 1. The number of rotatable bonds is 1. The van der Waals surface area contributed by atoms with Crippen LogP contribution >= 0.6 is 0 Å². The summed E-state index contributed by atoms with van der Waals surface area (Å²) in [4.78, 5) is 36.3. The number of allylic oxidation sites excluding steroid dienone is 3. The molecule has 6 heteroatoms. The monoisotopic (exact) mass is 272 g/mol. The molecule has 0 aromatic rings. The van der Waals surface area contributed by atoms with Gasteiger partial charge in [-0.25, -0.2) is 4.99 Å². The molecule has 104 valence electrons. The standard InChI is InChI=1S/C14H16N4O2/c1-17-6-8-18(9-7-17)14(20)12-15-11-5-3-2-4-10(11)13(19)16-12/h2-5,10H,6-9H2,1H3. The quantitative estimate of drug-likeness (QED) is 0.668. The molecular weight excluding hydrogens is 256 g/mol. The maximum Gasteiger partial charge on any atom is 0.291 e. The van der Waals surface area contributed by atoms with Crippen LogP contribution in [-0.2, 0) is 9.59 Å². The first-order chi connectivity index (χ1) is 9.65. The van der Waals surface area contributed by atoms with Crippen molar-refractivity contribution in [2.75, 3.05) is 33.2 Å². The first-order valence-electron chi connectivity index (χ1n) is 6.69. The average molecular weight is 272 g/mol. The molecule has 3 rings (SSSR count). The van der Waals surface area contributed by atoms with Crippen LogP contribution in [-0.4, -0.2) is 66.4 Å². The van der Waals surface area contributed by atoms with Gasteiger partial charge in [-0.2, -0.15) is 4.99 Å². The minimum atomic E-state index is -0.427. The molecule has 0 spiro atoms. The molecule has 0 N–H and O–H groups in total. The highest BCUT2D eigenvalue weighted by Crippen LogP contribution is 2.17. The van der Waals surface area contributed by atoms with Crippen molar-refractivity contribution in [3.05, 3.63) is 24.3 Å². The minimum Gasteiger partial charge on any atom is -0.333 e. The molecule has 0 saturated carbocycles. The van der Waals surface area contributed by atoms with Crippen molar-refractivity contribution in [2.45, 2.75) is 0 Å². The summed E-state index contributed by atoms with van der Waals surface area (Å²) in [6.45, 7) is 2.95. The number of amides is 2. The van der Waals surface area contributed by atoms with E-state index in [4.69, 9.17) is 0 Å². The SMILES string of the molecule is CN1CCN(C(=O)C2=NC(=O)C3C=CC=CC3=N2)CC1. The van der Waals surface area contributed by atoms with Crippen LogP contribution in [0.5, 0.6) is 0 Å². The van der Waals surface area contributed by atoms with Gasteiger partial charge in [0.15, 0.2) is 0 Å². The molecule has 2 heterocycles. The van der Waals surface area contributed by atoms with Crippen molar-refractivity contribution in [1.29, 1.82) is 0 Å². The number of nitrogens with zero attached hydrogens (tertiary/aromatic N) is 4. The van der Waals surface area contributed by atoms with Crippen LogP contribution in [0.3, 0.4) is 0 Å². The summed E-state index contributed by atoms with van der Waals surface area (Å²) in [6, 6.07) is 0. The van der Waals surface area contributed by atoms with Gasteiger partial charge < -0.3 is 9.80 Å². The lowest BCUT2D eigenvalue weighted by Crippen LogP contribution is -2.49. The zero-order valence-electron chi connectivity index (χ0n) is 11.3. The Morgan fingerprint density at radius 2 is 1.95 bits per heavy atom. The predicted octanol–water partition coefficient (Wildman–Crippen LogP) is -0.118. The van der Waals surface area contributed by atoms with E-state index in [1.54, 1.807) is 23.1 Å². The molecule has 2 aliphatic heterocycles. The van der Waals surface area contributed by atoms with Gasteiger partial charge in [0.1, 0.15) is 5.92 Å². The van der Waals surface area contributed by atoms with Crippen LogP contribution in [0, 0.1) is 5.92 Å². The normalized spacial score (nSPS) is 26.1. The second-order valence-corrected chi connectivity index (χ2v) is 5.13. The highest BCUT2D eigenvalue weighted by atomic mass is 16.2. The summed E-state index contributed by atoms with van der Waals surface area (Å²) in [5.41, 5.74) is 0.602. The van der Waals surface area contributed by atoms with E-state index in [9.17, 15) is 9.59 Å². The van der Waals surface area contributed by atoms with Crippen molar-refractivity contribution < 1.29 is 9.59 Å². The smallest absolute Gasteiger partial charge is 0.291 e. The summed E-state index contributed by atoms with van der Waals surface area (Å²) < 4.78 is 0. The molecule has 6 nitrogen and oxygen atoms in total. The van der Waals surface area contributed by atoms with Gasteiger partial charge in [0.05, 0.1) is 5.71 Å². The first-order valence-corrected chi connectivity index (χ1v) is 6.69. The third-order valence-corrected chi connectivity index (χ3v) is 3.70. The predicted molar refractivity (Wildman–Crippen MR) is 75.7 cm³/mol. The largest absolute Gasteiger partial charge is 0.333 e. The lowest BCUT2D eigenvalue weighted by Gasteiger charge is -2.32. The number of carbonyl (C=O) groups is 2. The Morgan fingerprint density at radius 3 is 2.70 bits per heavy atom. The van der Waals surface area contributed by atoms with Gasteiger partial charge in [0.2, 0.25) is 5.84 Å². The van der Waals surface area contributed by atoms with Crippen molar-refractivity contribution in [1.82, 2.24) is 9.80 Å². The van der Waals surface area contributed by atoms with Crippen molar-refractivity contribution in [3.63, 3.8) is 0 Å². The molecule has 1 saturated heterocycles. The molecule has 0 aromatic carbocycles. The Kier molecular flexibility index (Phi) is 3.31. The van der Waals surface area contributed by atoms with E-state index in [0.717, 1.165) is 13.1 Å². The second kappa shape index (κ2) is 5.13. The highest BCUT2D eigenvalue weighted by molar-refractivity contribution is 6.44. The molecule has 20 heavy (non-hydrogen) atoms. The van der Waals surface area contributed by atoms with Gasteiger partial charge in [-0.05, 0) is 13.1 Å². The van der Waals surface area contributed by atoms with Crippen LogP contribution in [0.1, 0.15) is 0 Å². The van der Waals surface area contributed by atoms with Crippen molar-refractivity contribution in [2.24, 2.45) is 15.9 Å². The average Bonchev–Trinajstić information content (AvgIpc) is 2.47. The van der Waals surface area contributed by atoms with Crippen molar-refractivity contribution in [3.8, 4) is 0 Å². The number of hydrogen-bond acceptors (Lipinski definition) is 4. The van der Waals surface area contributed by atoms with Gasteiger partial charge in [-0.1, -0.05) is 18.2 Å². The minimum absolute atomic E-state index is 0.0192. The molecule has 1 atom stereocenters. The topological polar surface area (TPSA) is 65.3 Å². The summed E-state index contributed by atoms with van der Waals surface area (Å²) in [5.74, 6) is -0.969. The van der Waals surface area contributed by atoms with Gasteiger partial charge in [0, 0.05) is 26.2 Å². The van der Waals surface area contributed by atoms with E-state index >= 15 is 0 Å². The first kappa shape index (κ1) is 12.9. The lowest BCUT2D eigenvalue weighted by atomic mass is 9.96. The number of carbonyl (C=O) groups excluding carboxylic acids is 2. The second-order valence-electron chi connectivity index (χ2n) is 5.13. The molecule has 0 aromatic heterocycles. The summed E-state index contributed by atoms with van der Waals surface area (Å²) in [6.07, 6.45) is 7.12. The number of fused-ring (bicyclic) bond motifs is 1. The molecule has 0 radical (unpaired) electrons. The third kappa shape index (κ3) is 2.34. The van der Waals surface area contributed by atoms with Crippen LogP contribution in [0.25, 0.3) is 0 Å². The van der Waals surface area contributed by atoms with E-state index in [0.29, 0.717) is 18.8 Å². The van der Waals surface area contributed by atoms with Crippen LogP contribution in [0.15, 0.2) is 34.3 Å². The molecule has 0 bridgehead atoms. The van der Waals surface area contributed by atoms with Gasteiger partial charge in [-0.3, -0.25) is 9.59 Å². The summed E-state index contributed by atoms with van der Waals surface area (Å²) in [7, 11) is 2.02. The van der Waals surface area contributed by atoms with Gasteiger partial charge in [-0.15, -0.1) is 0 Å². The fraction of sp³-hybridized carbons (Fsp3) is 0.429. The fourth-order valence-electron chi connectivity index (χ4n) is 2.42. The third-order valence-electron chi connectivity index (χ3n) is 3.70. The zero-order valence-corrected chi connectivity index (χ0v) is 11.3. The summed E-state index contributed by atoms with van der Waals surface area (Å²) >= 11 is 0. The summed E-state index contributed by atoms with van der Waals surface area (Å²) in [5, 5.41) is 0. The van der Waals surface area contributed by atoms with Crippen molar-refractivity contribution >= 4 is 23.4 Å². The Labute approximate surface area is 117 Å². The van der Waals surface area contributed by atoms with E-state index < -0.39 is 5.92 Å². The molecular formula is C14H16N4O2. The van der Waals surface area contributed by atoms with E-state index in [1.807, 2.05) is 13.1 Å². The molecule has 1 fully saturated rings. The molecule has 3 aliphatic rings. The number of hydrogen-bond donors (Lipinski definition) is 0. The Balaban J connectivity index is 1.79. The maximum atomic E-state index is 12.4. The number of amidine groups is 1. The van der Waals surface area contributed by atoms with Crippen LogP contribution in [0.4, 0.5) is 0 Å². The molecule has 1 unspecified atom stereocenters. The molecule has 2 amide bonds. The van der Waals surface area contributed by atoms with E-state index in [2.05, 4.69) is 14.9 Å². The van der Waals surface area contributed by atoms with Gasteiger partial charge >= 0.3 is 0 Å². The Hall–Kier alpha value is -2.08. The van der Waals surface area contributed by atoms with Gasteiger partial charge in [0.25, 0.3) is 11.8 Å². The fourth-order valence-corrected chi connectivity index (χ4v) is 2.42. The number of aliphatic imine (C=N–C) groups is 2. The Morgan fingerprint density at radius 1 is 1.20 bits per heavy atom. The number of piperazine rings is 1. The van der Waals surface area contributed by atoms with E-state index in [1.165, 1.54) is 0 Å². The van der Waals surface area contributed by atoms with Crippen LogP contribution in [0.2, 0.25) is 0 Å². The Bertz CT molecular complexity index is 566. The molecule has 1 aliphatic carbocycles. The van der Waals surface area contributed by atoms with Crippen LogP contribution < -0.4 is 0 Å².